The first kappa shape index (κ1) is 26.9. The number of nitrogen functional groups attached to an aromatic ring is 1. The number of carbonyl (C=O) groups excluding carboxylic acids is 1. The average Bonchev–Trinajstić information content (AvgIpc) is 3.50. The number of likely N-dealkylation sites (tertiary alicyclic amines) is 1. The highest BCUT2D eigenvalue weighted by Crippen LogP contribution is 2.47. The lowest BCUT2D eigenvalue weighted by Crippen LogP contribution is -2.46. The number of piperidine rings is 1. The number of amides is 1. The minimum atomic E-state index is -0.632. The molecule has 1 fully saturated rings. The van der Waals surface area contributed by atoms with Crippen molar-refractivity contribution in [3.8, 4) is 22.8 Å². The van der Waals surface area contributed by atoms with Crippen molar-refractivity contribution in [2.45, 2.75) is 64.8 Å². The minimum Gasteiger partial charge on any atom is -0.453 e. The van der Waals surface area contributed by atoms with Crippen molar-refractivity contribution < 1.29 is 19.0 Å². The Bertz CT molecular complexity index is 1360. The summed E-state index contributed by atoms with van der Waals surface area (Å²) in [5.41, 5.74) is 8.12. The highest BCUT2D eigenvalue weighted by atomic mass is 16.7. The standard InChI is InChI=1S/C27H38N8O4/c1-16(34-11-9-17(10-12-34)33(5)6)13-35-25-20(24(28)29-14-30-25)21(32-35)18-7-8-19(23-22(18)37-15-38-23)31-26(36)39-27(2,3)4/h7-8,14,16-17H,9-13,15H2,1-6H3,(H,31,36)(H2,28,29,30). The Morgan fingerprint density at radius 1 is 1.21 bits per heavy atom. The van der Waals surface area contributed by atoms with Gasteiger partial charge in [-0.05, 0) is 79.9 Å². The predicted octanol–water partition coefficient (Wildman–Crippen LogP) is 3.57. The van der Waals surface area contributed by atoms with Crippen LogP contribution in [0, 0.1) is 0 Å². The molecule has 1 unspecified atom stereocenters. The number of hydrogen-bond acceptors (Lipinski definition) is 10. The molecule has 0 bridgehead atoms. The maximum Gasteiger partial charge on any atom is 0.412 e. The number of rotatable bonds is 6. The van der Waals surface area contributed by atoms with Crippen LogP contribution in [0.3, 0.4) is 0 Å². The lowest BCUT2D eigenvalue weighted by Gasteiger charge is -2.38. The van der Waals surface area contributed by atoms with Gasteiger partial charge in [0, 0.05) is 17.6 Å². The van der Waals surface area contributed by atoms with Crippen LogP contribution in [0.15, 0.2) is 18.5 Å². The summed E-state index contributed by atoms with van der Waals surface area (Å²) in [5, 5.41) is 8.37. The lowest BCUT2D eigenvalue weighted by atomic mass is 10.0. The molecular weight excluding hydrogens is 500 g/mol. The molecule has 0 saturated carbocycles. The fourth-order valence-electron chi connectivity index (χ4n) is 5.25. The molecule has 0 aliphatic carbocycles. The van der Waals surface area contributed by atoms with E-state index in [1.807, 2.05) is 10.7 Å². The van der Waals surface area contributed by atoms with Crippen molar-refractivity contribution in [3.63, 3.8) is 0 Å². The summed E-state index contributed by atoms with van der Waals surface area (Å²) < 4.78 is 18.9. The van der Waals surface area contributed by atoms with Gasteiger partial charge in [-0.3, -0.25) is 10.2 Å². The zero-order chi connectivity index (χ0) is 27.9. The molecule has 12 nitrogen and oxygen atoms in total. The molecule has 2 aromatic heterocycles. The summed E-state index contributed by atoms with van der Waals surface area (Å²) in [6.45, 7) is 10.4. The van der Waals surface area contributed by atoms with E-state index in [2.05, 4.69) is 46.1 Å². The molecule has 1 aromatic carbocycles. The number of benzene rings is 1. The molecule has 2 aliphatic heterocycles. The Kier molecular flexibility index (Phi) is 7.25. The van der Waals surface area contributed by atoms with Crippen molar-refractivity contribution in [2.75, 3.05) is 45.0 Å². The van der Waals surface area contributed by atoms with Gasteiger partial charge in [0.1, 0.15) is 23.4 Å². The summed E-state index contributed by atoms with van der Waals surface area (Å²) in [5.74, 6) is 1.22. The van der Waals surface area contributed by atoms with Crippen LogP contribution in [-0.2, 0) is 11.3 Å². The van der Waals surface area contributed by atoms with Crippen molar-refractivity contribution in [1.29, 1.82) is 0 Å². The van der Waals surface area contributed by atoms with Gasteiger partial charge >= 0.3 is 6.09 Å². The Morgan fingerprint density at radius 3 is 2.62 bits per heavy atom. The summed E-state index contributed by atoms with van der Waals surface area (Å²) in [6.07, 6.45) is 3.17. The number of hydrogen-bond donors (Lipinski definition) is 2. The summed E-state index contributed by atoms with van der Waals surface area (Å²) >= 11 is 0. The molecule has 2 aliphatic rings. The topological polar surface area (TPSA) is 133 Å². The number of nitrogens with zero attached hydrogens (tertiary/aromatic N) is 6. The number of aromatic nitrogens is 4. The smallest absolute Gasteiger partial charge is 0.412 e. The van der Waals surface area contributed by atoms with Crippen LogP contribution in [0.5, 0.6) is 11.5 Å². The molecule has 1 atom stereocenters. The van der Waals surface area contributed by atoms with Crippen LogP contribution in [-0.4, -0.2) is 87.3 Å². The van der Waals surface area contributed by atoms with Gasteiger partial charge in [0.15, 0.2) is 17.1 Å². The van der Waals surface area contributed by atoms with Crippen molar-refractivity contribution >= 4 is 28.6 Å². The van der Waals surface area contributed by atoms with E-state index < -0.39 is 11.7 Å². The highest BCUT2D eigenvalue weighted by molar-refractivity contribution is 6.01. The van der Waals surface area contributed by atoms with E-state index in [1.165, 1.54) is 6.33 Å². The summed E-state index contributed by atoms with van der Waals surface area (Å²) in [7, 11) is 4.30. The number of nitrogens with two attached hydrogens (primary N) is 1. The maximum absolute atomic E-state index is 12.4. The zero-order valence-corrected chi connectivity index (χ0v) is 23.5. The Morgan fingerprint density at radius 2 is 1.92 bits per heavy atom. The van der Waals surface area contributed by atoms with Gasteiger partial charge in [-0.2, -0.15) is 5.10 Å². The minimum absolute atomic E-state index is 0.0138. The lowest BCUT2D eigenvalue weighted by molar-refractivity contribution is 0.0635. The molecule has 12 heteroatoms. The third-order valence-corrected chi connectivity index (χ3v) is 7.26. The van der Waals surface area contributed by atoms with Gasteiger partial charge in [-0.1, -0.05) is 0 Å². The van der Waals surface area contributed by atoms with Gasteiger partial charge in [-0.15, -0.1) is 0 Å². The second-order valence-corrected chi connectivity index (χ2v) is 11.4. The number of anilines is 2. The van der Waals surface area contributed by atoms with Crippen LogP contribution in [0.1, 0.15) is 40.5 Å². The monoisotopic (exact) mass is 538 g/mol. The van der Waals surface area contributed by atoms with Gasteiger partial charge in [0.05, 0.1) is 17.6 Å². The van der Waals surface area contributed by atoms with Gasteiger partial charge < -0.3 is 24.8 Å². The zero-order valence-electron chi connectivity index (χ0n) is 23.5. The van der Waals surface area contributed by atoms with Gasteiger partial charge in [0.2, 0.25) is 6.79 Å². The van der Waals surface area contributed by atoms with E-state index in [-0.39, 0.29) is 12.8 Å². The largest absolute Gasteiger partial charge is 0.453 e. The second kappa shape index (κ2) is 10.5. The molecule has 3 N–H and O–H groups in total. The third-order valence-electron chi connectivity index (χ3n) is 7.26. The number of fused-ring (bicyclic) bond motifs is 2. The number of ether oxygens (including phenoxy) is 3. The molecule has 210 valence electrons. The first-order valence-corrected chi connectivity index (χ1v) is 13.3. The van der Waals surface area contributed by atoms with Gasteiger partial charge in [-0.25, -0.2) is 19.4 Å². The van der Waals surface area contributed by atoms with E-state index >= 15 is 0 Å². The normalized spacial score (nSPS) is 17.1. The highest BCUT2D eigenvalue weighted by Gasteiger charge is 2.30. The fourth-order valence-corrected chi connectivity index (χ4v) is 5.25. The Balaban J connectivity index is 1.45. The van der Waals surface area contributed by atoms with Gasteiger partial charge in [0.25, 0.3) is 0 Å². The molecule has 1 amide bonds. The maximum atomic E-state index is 12.4. The van der Waals surface area contributed by atoms with E-state index in [0.717, 1.165) is 25.9 Å². The van der Waals surface area contributed by atoms with E-state index in [1.54, 1.807) is 26.8 Å². The van der Waals surface area contributed by atoms with Crippen LogP contribution in [0.25, 0.3) is 22.3 Å². The van der Waals surface area contributed by atoms with E-state index in [9.17, 15) is 4.79 Å². The van der Waals surface area contributed by atoms with Crippen LogP contribution in [0.4, 0.5) is 16.3 Å². The van der Waals surface area contributed by atoms with Crippen molar-refractivity contribution in [2.24, 2.45) is 0 Å². The van der Waals surface area contributed by atoms with Crippen LogP contribution < -0.4 is 20.5 Å². The Hall–Kier alpha value is -3.64. The van der Waals surface area contributed by atoms with Crippen molar-refractivity contribution in [1.82, 2.24) is 29.5 Å². The quantitative estimate of drug-likeness (QED) is 0.480. The second-order valence-electron chi connectivity index (χ2n) is 11.4. The Labute approximate surface area is 228 Å². The van der Waals surface area contributed by atoms with E-state index in [4.69, 9.17) is 25.0 Å². The SMILES string of the molecule is CC(Cn1nc(-c2ccc(NC(=O)OC(C)(C)C)c3c2OCO3)c2c(N)ncnc21)N1CCC(N(C)C)CC1. The molecule has 39 heavy (non-hydrogen) atoms. The molecule has 5 rings (SSSR count). The molecule has 1 saturated heterocycles. The summed E-state index contributed by atoms with van der Waals surface area (Å²) in [6, 6.07) is 4.45. The molecule has 3 aromatic rings. The number of nitrogens with one attached hydrogen (secondary N) is 1. The van der Waals surface area contributed by atoms with Crippen LogP contribution in [0.2, 0.25) is 0 Å². The first-order valence-electron chi connectivity index (χ1n) is 13.3. The van der Waals surface area contributed by atoms with E-state index in [0.29, 0.717) is 57.9 Å². The molecular formula is C27H38N8O4. The van der Waals surface area contributed by atoms with Crippen molar-refractivity contribution in [3.05, 3.63) is 18.5 Å². The average molecular weight is 539 g/mol. The fraction of sp³-hybridized carbons (Fsp3) is 0.556. The first-order chi connectivity index (χ1) is 18.5. The number of carbonyl (C=O) groups is 1. The third kappa shape index (κ3) is 5.57. The summed E-state index contributed by atoms with van der Waals surface area (Å²) in [4.78, 5) is 26.0. The molecule has 0 spiro atoms. The van der Waals surface area contributed by atoms with Crippen LogP contribution >= 0.6 is 0 Å². The molecule has 0 radical (unpaired) electrons. The molecule has 4 heterocycles. The predicted molar refractivity (Wildman–Crippen MR) is 149 cm³/mol.